The molecule has 122 valence electrons. The summed E-state index contributed by atoms with van der Waals surface area (Å²) >= 11 is 0. The molecule has 1 aromatic carbocycles. The molecule has 0 saturated carbocycles. The molecule has 6 heteroatoms. The highest BCUT2D eigenvalue weighted by atomic mass is 16.2. The Labute approximate surface area is 135 Å². The predicted octanol–water partition coefficient (Wildman–Crippen LogP) is 1.83. The average molecular weight is 314 g/mol. The van der Waals surface area contributed by atoms with E-state index in [1.807, 2.05) is 44.2 Å². The second-order valence-electron chi connectivity index (χ2n) is 5.38. The summed E-state index contributed by atoms with van der Waals surface area (Å²) in [5, 5.41) is 9.73. The molecular weight excluding hydrogens is 292 g/mol. The smallest absolute Gasteiger partial charge is 0.255 e. The molecule has 6 nitrogen and oxygen atoms in total. The molecule has 1 heterocycles. The number of nitrogens with zero attached hydrogens (tertiary/aromatic N) is 2. The molecule has 2 rings (SSSR count). The summed E-state index contributed by atoms with van der Waals surface area (Å²) < 4.78 is 1.71. The number of hydrogen-bond acceptors (Lipinski definition) is 3. The fourth-order valence-corrected chi connectivity index (χ4v) is 2.20. The van der Waals surface area contributed by atoms with Crippen LogP contribution in [0, 0.1) is 6.92 Å². The summed E-state index contributed by atoms with van der Waals surface area (Å²) in [6.07, 6.45) is 2.38. The first kappa shape index (κ1) is 16.7. The topological polar surface area (TPSA) is 76.0 Å². The highest BCUT2D eigenvalue weighted by Gasteiger charge is 2.20. The first-order valence-electron chi connectivity index (χ1n) is 7.73. The quantitative estimate of drug-likeness (QED) is 0.854. The Balaban J connectivity index is 2.09. The number of hydrogen-bond donors (Lipinski definition) is 2. The minimum Gasteiger partial charge on any atom is -0.354 e. The van der Waals surface area contributed by atoms with Gasteiger partial charge in [0, 0.05) is 6.54 Å². The van der Waals surface area contributed by atoms with E-state index in [4.69, 9.17) is 0 Å². The van der Waals surface area contributed by atoms with E-state index in [0.717, 1.165) is 17.8 Å². The van der Waals surface area contributed by atoms with Gasteiger partial charge in [0.05, 0.1) is 23.1 Å². The zero-order valence-corrected chi connectivity index (χ0v) is 13.7. The molecule has 2 N–H and O–H groups in total. The lowest BCUT2D eigenvalue weighted by molar-refractivity contribution is -0.122. The van der Waals surface area contributed by atoms with Crippen LogP contribution in [0.4, 0.5) is 0 Å². The van der Waals surface area contributed by atoms with Gasteiger partial charge in [0.15, 0.2) is 0 Å². The first-order valence-corrected chi connectivity index (χ1v) is 7.73. The summed E-state index contributed by atoms with van der Waals surface area (Å²) in [6.45, 7) is 6.07. The van der Waals surface area contributed by atoms with Gasteiger partial charge in [0.1, 0.15) is 6.04 Å². The maximum absolute atomic E-state index is 12.4. The van der Waals surface area contributed by atoms with Gasteiger partial charge in [-0.1, -0.05) is 25.1 Å². The molecule has 0 spiro atoms. The number of carbonyl (C=O) groups excluding carboxylic acids is 2. The van der Waals surface area contributed by atoms with E-state index in [9.17, 15) is 9.59 Å². The fourth-order valence-electron chi connectivity index (χ4n) is 2.20. The highest BCUT2D eigenvalue weighted by molar-refractivity contribution is 5.98. The van der Waals surface area contributed by atoms with Crippen LogP contribution in [-0.2, 0) is 4.79 Å². The Hall–Kier alpha value is -2.63. The second kappa shape index (κ2) is 7.58. The molecule has 2 amide bonds. The Morgan fingerprint density at radius 2 is 1.96 bits per heavy atom. The number of benzene rings is 1. The Morgan fingerprint density at radius 3 is 2.61 bits per heavy atom. The van der Waals surface area contributed by atoms with Gasteiger partial charge < -0.3 is 10.6 Å². The molecule has 23 heavy (non-hydrogen) atoms. The summed E-state index contributed by atoms with van der Waals surface area (Å²) in [7, 11) is 0. The van der Waals surface area contributed by atoms with Gasteiger partial charge in [-0.15, -0.1) is 0 Å². The van der Waals surface area contributed by atoms with Crippen molar-refractivity contribution >= 4 is 11.8 Å². The average Bonchev–Trinajstić information content (AvgIpc) is 2.95. The van der Waals surface area contributed by atoms with Gasteiger partial charge >= 0.3 is 0 Å². The summed E-state index contributed by atoms with van der Waals surface area (Å²) in [5.74, 6) is -0.489. The van der Waals surface area contributed by atoms with Crippen molar-refractivity contribution in [3.05, 3.63) is 47.8 Å². The van der Waals surface area contributed by atoms with Crippen LogP contribution in [-0.4, -0.2) is 34.2 Å². The lowest BCUT2D eigenvalue weighted by Gasteiger charge is -2.13. The van der Waals surface area contributed by atoms with Crippen molar-refractivity contribution in [2.24, 2.45) is 0 Å². The fraction of sp³-hybridized carbons (Fsp3) is 0.353. The predicted molar refractivity (Wildman–Crippen MR) is 88.5 cm³/mol. The standard InChI is InChI=1S/C17H22N4O2/c1-4-10-18-16(22)12(2)20-17(23)15-11-19-21(13(15)3)14-8-6-5-7-9-14/h5-9,11-12H,4,10H2,1-3H3,(H,18,22)(H,20,23)/t12-/m0/s1. The monoisotopic (exact) mass is 314 g/mol. The molecule has 2 aromatic rings. The maximum atomic E-state index is 12.4. The first-order chi connectivity index (χ1) is 11.0. The summed E-state index contributed by atoms with van der Waals surface area (Å²) in [5.41, 5.74) is 2.08. The van der Waals surface area contributed by atoms with Crippen molar-refractivity contribution in [3.8, 4) is 5.69 Å². The molecule has 0 bridgehead atoms. The number of carbonyl (C=O) groups is 2. The van der Waals surface area contributed by atoms with E-state index in [2.05, 4.69) is 15.7 Å². The van der Waals surface area contributed by atoms with Crippen LogP contribution in [0.1, 0.15) is 36.3 Å². The number of aromatic nitrogens is 2. The van der Waals surface area contributed by atoms with E-state index in [1.54, 1.807) is 11.6 Å². The number of amides is 2. The third-order valence-electron chi connectivity index (χ3n) is 3.55. The molecule has 0 aliphatic carbocycles. The highest BCUT2D eigenvalue weighted by Crippen LogP contribution is 2.13. The van der Waals surface area contributed by atoms with Crippen molar-refractivity contribution < 1.29 is 9.59 Å². The lowest BCUT2D eigenvalue weighted by Crippen LogP contribution is -2.45. The van der Waals surface area contributed by atoms with Gasteiger partial charge in [-0.25, -0.2) is 4.68 Å². The molecule has 0 unspecified atom stereocenters. The van der Waals surface area contributed by atoms with Crippen LogP contribution in [0.5, 0.6) is 0 Å². The number of para-hydroxylation sites is 1. The largest absolute Gasteiger partial charge is 0.354 e. The second-order valence-corrected chi connectivity index (χ2v) is 5.38. The molecule has 0 aliphatic heterocycles. The summed E-state index contributed by atoms with van der Waals surface area (Å²) in [4.78, 5) is 24.2. The maximum Gasteiger partial charge on any atom is 0.255 e. The van der Waals surface area contributed by atoms with Crippen LogP contribution in [0.15, 0.2) is 36.5 Å². The summed E-state index contributed by atoms with van der Waals surface area (Å²) in [6, 6.07) is 9.00. The Morgan fingerprint density at radius 1 is 1.26 bits per heavy atom. The van der Waals surface area contributed by atoms with E-state index >= 15 is 0 Å². The van der Waals surface area contributed by atoms with Crippen molar-refractivity contribution in [1.82, 2.24) is 20.4 Å². The third kappa shape index (κ3) is 3.97. The molecule has 0 fully saturated rings. The van der Waals surface area contributed by atoms with Crippen LogP contribution in [0.3, 0.4) is 0 Å². The van der Waals surface area contributed by atoms with Crippen molar-refractivity contribution in [2.75, 3.05) is 6.54 Å². The molecule has 1 aromatic heterocycles. The third-order valence-corrected chi connectivity index (χ3v) is 3.55. The molecule has 1 atom stereocenters. The van der Waals surface area contributed by atoms with E-state index in [1.165, 1.54) is 6.20 Å². The van der Waals surface area contributed by atoms with Gasteiger partial charge in [-0.3, -0.25) is 9.59 Å². The van der Waals surface area contributed by atoms with E-state index in [0.29, 0.717) is 12.1 Å². The Bertz CT molecular complexity index is 679. The van der Waals surface area contributed by atoms with Crippen LogP contribution < -0.4 is 10.6 Å². The van der Waals surface area contributed by atoms with E-state index < -0.39 is 6.04 Å². The molecular formula is C17H22N4O2. The minimum absolute atomic E-state index is 0.187. The number of rotatable bonds is 6. The number of nitrogens with one attached hydrogen (secondary N) is 2. The SMILES string of the molecule is CCCNC(=O)[C@H](C)NC(=O)c1cnn(-c2ccccc2)c1C. The van der Waals surface area contributed by atoms with Crippen molar-refractivity contribution in [2.45, 2.75) is 33.2 Å². The van der Waals surface area contributed by atoms with Gasteiger partial charge in [-0.2, -0.15) is 5.10 Å². The lowest BCUT2D eigenvalue weighted by atomic mass is 10.2. The van der Waals surface area contributed by atoms with Crippen LogP contribution in [0.2, 0.25) is 0 Å². The zero-order valence-electron chi connectivity index (χ0n) is 13.7. The van der Waals surface area contributed by atoms with Crippen molar-refractivity contribution in [3.63, 3.8) is 0 Å². The minimum atomic E-state index is -0.589. The van der Waals surface area contributed by atoms with E-state index in [-0.39, 0.29) is 11.8 Å². The van der Waals surface area contributed by atoms with Gasteiger partial charge in [0.25, 0.3) is 5.91 Å². The Kier molecular flexibility index (Phi) is 5.51. The zero-order chi connectivity index (χ0) is 16.8. The van der Waals surface area contributed by atoms with Gasteiger partial charge in [-0.05, 0) is 32.4 Å². The van der Waals surface area contributed by atoms with Crippen LogP contribution >= 0.6 is 0 Å². The molecule has 0 radical (unpaired) electrons. The molecule has 0 aliphatic rings. The van der Waals surface area contributed by atoms with Crippen molar-refractivity contribution in [1.29, 1.82) is 0 Å². The van der Waals surface area contributed by atoms with Crippen LogP contribution in [0.25, 0.3) is 5.69 Å². The molecule has 0 saturated heterocycles. The normalized spacial score (nSPS) is 11.8. The van der Waals surface area contributed by atoms with Gasteiger partial charge in [0.2, 0.25) is 5.91 Å².